The highest BCUT2D eigenvalue weighted by molar-refractivity contribution is 7.11. The number of aromatic nitrogens is 2. The summed E-state index contributed by atoms with van der Waals surface area (Å²) in [6.07, 6.45) is 6.59. The van der Waals surface area contributed by atoms with E-state index in [1.165, 1.54) is 4.88 Å². The predicted octanol–water partition coefficient (Wildman–Crippen LogP) is 3.33. The Morgan fingerprint density at radius 1 is 1.30 bits per heavy atom. The lowest BCUT2D eigenvalue weighted by Gasteiger charge is -2.17. The van der Waals surface area contributed by atoms with Gasteiger partial charge in [0.05, 0.1) is 23.9 Å². The Kier molecular flexibility index (Phi) is 5.49. The lowest BCUT2D eigenvalue weighted by molar-refractivity contribution is 0.315. The van der Waals surface area contributed by atoms with Crippen molar-refractivity contribution in [3.63, 3.8) is 0 Å². The first-order chi connectivity index (χ1) is 9.74. The Hall–Kier alpha value is -1.46. The van der Waals surface area contributed by atoms with Crippen LogP contribution in [0.3, 0.4) is 0 Å². The third kappa shape index (κ3) is 3.77. The molecule has 1 N–H and O–H groups in total. The van der Waals surface area contributed by atoms with E-state index in [0.29, 0.717) is 0 Å². The molecule has 1 unspecified atom stereocenters. The summed E-state index contributed by atoms with van der Waals surface area (Å²) in [5, 5.41) is 4.56. The van der Waals surface area contributed by atoms with Gasteiger partial charge in [0.2, 0.25) is 0 Å². The Bertz CT molecular complexity index is 541. The number of nitrogens with one attached hydrogen (secondary N) is 1. The van der Waals surface area contributed by atoms with Crippen molar-refractivity contribution < 1.29 is 4.74 Å². The van der Waals surface area contributed by atoms with Crippen LogP contribution in [0, 0.1) is 6.92 Å². The molecule has 0 spiro atoms. The molecule has 0 bridgehead atoms. The number of hydrogen-bond acceptors (Lipinski definition) is 5. The van der Waals surface area contributed by atoms with Gasteiger partial charge in [-0.25, -0.2) is 4.98 Å². The van der Waals surface area contributed by atoms with Crippen LogP contribution in [0.4, 0.5) is 0 Å². The smallest absolute Gasteiger partial charge is 0.137 e. The predicted molar refractivity (Wildman–Crippen MR) is 82.4 cm³/mol. The highest BCUT2D eigenvalue weighted by atomic mass is 32.1. The molecule has 0 amide bonds. The zero-order valence-corrected chi connectivity index (χ0v) is 13.0. The van der Waals surface area contributed by atoms with E-state index in [9.17, 15) is 0 Å². The van der Waals surface area contributed by atoms with Crippen LogP contribution in [-0.4, -0.2) is 23.1 Å². The minimum Gasteiger partial charge on any atom is -0.492 e. The molecule has 108 valence electrons. The third-order valence-electron chi connectivity index (χ3n) is 2.87. The molecule has 5 heteroatoms. The Morgan fingerprint density at radius 3 is 2.80 bits per heavy atom. The van der Waals surface area contributed by atoms with E-state index in [1.54, 1.807) is 17.5 Å². The zero-order valence-electron chi connectivity index (χ0n) is 12.2. The van der Waals surface area contributed by atoms with Gasteiger partial charge in [-0.05, 0) is 31.5 Å². The topological polar surface area (TPSA) is 47.0 Å². The van der Waals surface area contributed by atoms with Gasteiger partial charge in [-0.15, -0.1) is 11.3 Å². The van der Waals surface area contributed by atoms with Gasteiger partial charge in [0.15, 0.2) is 0 Å². The van der Waals surface area contributed by atoms with Crippen molar-refractivity contribution in [2.45, 2.75) is 33.2 Å². The fourth-order valence-electron chi connectivity index (χ4n) is 1.99. The number of nitrogens with zero attached hydrogens (tertiary/aromatic N) is 2. The van der Waals surface area contributed by atoms with E-state index >= 15 is 0 Å². The Morgan fingerprint density at radius 2 is 2.15 bits per heavy atom. The highest BCUT2D eigenvalue weighted by Gasteiger charge is 2.16. The molecule has 2 aromatic rings. The summed E-state index contributed by atoms with van der Waals surface area (Å²) in [6, 6.07) is 2.19. The molecule has 0 aliphatic carbocycles. The van der Waals surface area contributed by atoms with Crippen molar-refractivity contribution in [3.8, 4) is 5.75 Å². The molecule has 20 heavy (non-hydrogen) atoms. The van der Waals surface area contributed by atoms with Gasteiger partial charge >= 0.3 is 0 Å². The number of hydrogen-bond donors (Lipinski definition) is 1. The summed E-state index contributed by atoms with van der Waals surface area (Å²) < 4.78 is 5.66. The summed E-state index contributed by atoms with van der Waals surface area (Å²) in [5.74, 6) is 0.827. The van der Waals surface area contributed by atoms with E-state index in [2.05, 4.69) is 35.2 Å². The number of aryl methyl sites for hydroxylation is 1. The fourth-order valence-corrected chi connectivity index (χ4v) is 2.88. The molecule has 0 radical (unpaired) electrons. The fraction of sp³-hybridized carbons (Fsp3) is 0.467. The van der Waals surface area contributed by atoms with Crippen LogP contribution < -0.4 is 10.1 Å². The summed E-state index contributed by atoms with van der Waals surface area (Å²) in [6.45, 7) is 7.83. The number of rotatable bonds is 7. The SMILES string of the molecule is CCCOc1cncc(C(NCC)c2cnc(C)s2)c1. The quantitative estimate of drug-likeness (QED) is 0.850. The molecule has 0 fully saturated rings. The lowest BCUT2D eigenvalue weighted by atomic mass is 10.1. The molecule has 0 aliphatic rings. The van der Waals surface area contributed by atoms with Crippen LogP contribution >= 0.6 is 11.3 Å². The number of thiazole rings is 1. The molecule has 4 nitrogen and oxygen atoms in total. The summed E-state index contributed by atoms with van der Waals surface area (Å²) >= 11 is 1.71. The van der Waals surface area contributed by atoms with Gasteiger partial charge < -0.3 is 10.1 Å². The second-order valence-electron chi connectivity index (χ2n) is 4.57. The number of pyridine rings is 1. The minimum atomic E-state index is 0.129. The summed E-state index contributed by atoms with van der Waals surface area (Å²) in [7, 11) is 0. The molecule has 2 rings (SSSR count). The monoisotopic (exact) mass is 291 g/mol. The summed E-state index contributed by atoms with van der Waals surface area (Å²) in [5.41, 5.74) is 1.11. The van der Waals surface area contributed by atoms with E-state index in [4.69, 9.17) is 4.74 Å². The van der Waals surface area contributed by atoms with E-state index < -0.39 is 0 Å². The molecule has 2 heterocycles. The van der Waals surface area contributed by atoms with Gasteiger partial charge in [0.1, 0.15) is 5.75 Å². The standard InChI is InChI=1S/C15H21N3OS/c1-4-6-19-13-7-12(8-16-9-13)15(17-5-2)14-10-18-11(3)20-14/h7-10,15,17H,4-6H2,1-3H3. The average Bonchev–Trinajstić information content (AvgIpc) is 2.89. The van der Waals surface area contributed by atoms with Crippen LogP contribution in [0.1, 0.15) is 41.8 Å². The first-order valence-corrected chi connectivity index (χ1v) is 7.79. The van der Waals surface area contributed by atoms with Crippen molar-refractivity contribution in [2.24, 2.45) is 0 Å². The van der Waals surface area contributed by atoms with E-state index in [0.717, 1.165) is 35.9 Å². The van der Waals surface area contributed by atoms with Crippen LogP contribution in [0.25, 0.3) is 0 Å². The second-order valence-corrected chi connectivity index (χ2v) is 5.84. The molecular weight excluding hydrogens is 270 g/mol. The first-order valence-electron chi connectivity index (χ1n) is 6.98. The summed E-state index contributed by atoms with van der Waals surface area (Å²) in [4.78, 5) is 9.84. The van der Waals surface area contributed by atoms with Gasteiger partial charge in [-0.2, -0.15) is 0 Å². The largest absolute Gasteiger partial charge is 0.492 e. The maximum Gasteiger partial charge on any atom is 0.137 e. The highest BCUT2D eigenvalue weighted by Crippen LogP contribution is 2.28. The molecular formula is C15H21N3OS. The normalized spacial score (nSPS) is 12.3. The van der Waals surface area contributed by atoms with Crippen molar-refractivity contribution in [2.75, 3.05) is 13.2 Å². The van der Waals surface area contributed by atoms with Gasteiger partial charge in [0.25, 0.3) is 0 Å². The van der Waals surface area contributed by atoms with Crippen molar-refractivity contribution >= 4 is 11.3 Å². The molecule has 2 aromatic heterocycles. The maximum absolute atomic E-state index is 5.66. The van der Waals surface area contributed by atoms with Crippen molar-refractivity contribution in [1.82, 2.24) is 15.3 Å². The Balaban J connectivity index is 2.24. The zero-order chi connectivity index (χ0) is 14.4. The second kappa shape index (κ2) is 7.36. The lowest BCUT2D eigenvalue weighted by Crippen LogP contribution is -2.21. The van der Waals surface area contributed by atoms with Gasteiger partial charge in [-0.1, -0.05) is 13.8 Å². The maximum atomic E-state index is 5.66. The van der Waals surface area contributed by atoms with E-state index in [-0.39, 0.29) is 6.04 Å². The molecule has 1 atom stereocenters. The third-order valence-corrected chi connectivity index (χ3v) is 3.85. The van der Waals surface area contributed by atoms with Crippen LogP contribution in [-0.2, 0) is 0 Å². The van der Waals surface area contributed by atoms with Gasteiger partial charge in [0, 0.05) is 17.3 Å². The molecule has 0 saturated carbocycles. The van der Waals surface area contributed by atoms with Crippen LogP contribution in [0.5, 0.6) is 5.75 Å². The molecule has 0 aromatic carbocycles. The molecule has 0 aliphatic heterocycles. The van der Waals surface area contributed by atoms with Crippen LogP contribution in [0.15, 0.2) is 24.7 Å². The van der Waals surface area contributed by atoms with Crippen molar-refractivity contribution in [1.29, 1.82) is 0 Å². The average molecular weight is 291 g/mol. The van der Waals surface area contributed by atoms with Crippen molar-refractivity contribution in [3.05, 3.63) is 40.1 Å². The Labute approximate surface area is 124 Å². The van der Waals surface area contributed by atoms with Gasteiger partial charge in [-0.3, -0.25) is 4.98 Å². The molecule has 0 saturated heterocycles. The van der Waals surface area contributed by atoms with E-state index in [1.807, 2.05) is 19.3 Å². The minimum absolute atomic E-state index is 0.129. The van der Waals surface area contributed by atoms with Crippen LogP contribution in [0.2, 0.25) is 0 Å². The first kappa shape index (κ1) is 14.9. The number of ether oxygens (including phenoxy) is 1.